The highest BCUT2D eigenvalue weighted by atomic mass is 16.5. The Bertz CT molecular complexity index is 521. The SMILES string of the molecule is COCCOCC(=O)N1CCCN(C(=O)Cc2ccccc2)CC1. The van der Waals surface area contributed by atoms with Gasteiger partial charge in [0.1, 0.15) is 6.61 Å². The molecule has 24 heavy (non-hydrogen) atoms. The van der Waals surface area contributed by atoms with Crippen molar-refractivity contribution in [2.45, 2.75) is 12.8 Å². The summed E-state index contributed by atoms with van der Waals surface area (Å²) >= 11 is 0. The van der Waals surface area contributed by atoms with E-state index in [0.29, 0.717) is 45.8 Å². The number of benzene rings is 1. The van der Waals surface area contributed by atoms with Crippen LogP contribution in [0.2, 0.25) is 0 Å². The fourth-order valence-electron chi connectivity index (χ4n) is 2.69. The van der Waals surface area contributed by atoms with Gasteiger partial charge in [-0.1, -0.05) is 30.3 Å². The summed E-state index contributed by atoms with van der Waals surface area (Å²) in [6.45, 7) is 3.47. The molecule has 1 aliphatic heterocycles. The van der Waals surface area contributed by atoms with Crippen LogP contribution in [0.25, 0.3) is 0 Å². The summed E-state index contributed by atoms with van der Waals surface area (Å²) in [5.41, 5.74) is 1.02. The minimum atomic E-state index is -0.0246. The van der Waals surface area contributed by atoms with Crippen molar-refractivity contribution in [2.24, 2.45) is 0 Å². The molecule has 1 aliphatic rings. The average molecular weight is 334 g/mol. The molecule has 0 aromatic heterocycles. The van der Waals surface area contributed by atoms with Crippen LogP contribution in [0, 0.1) is 0 Å². The van der Waals surface area contributed by atoms with Gasteiger partial charge in [0.25, 0.3) is 0 Å². The largest absolute Gasteiger partial charge is 0.382 e. The van der Waals surface area contributed by atoms with E-state index in [2.05, 4.69) is 0 Å². The number of nitrogens with zero attached hydrogens (tertiary/aromatic N) is 2. The molecule has 2 rings (SSSR count). The first-order valence-electron chi connectivity index (χ1n) is 8.37. The highest BCUT2D eigenvalue weighted by Gasteiger charge is 2.22. The lowest BCUT2D eigenvalue weighted by Crippen LogP contribution is -2.39. The first-order valence-corrected chi connectivity index (χ1v) is 8.37. The second kappa shape index (κ2) is 10.1. The average Bonchev–Trinajstić information content (AvgIpc) is 2.86. The molecule has 0 N–H and O–H groups in total. The van der Waals surface area contributed by atoms with Crippen molar-refractivity contribution in [2.75, 3.05) is 53.1 Å². The van der Waals surface area contributed by atoms with E-state index in [1.165, 1.54) is 0 Å². The Kier molecular flexibility index (Phi) is 7.71. The first-order chi connectivity index (χ1) is 11.7. The van der Waals surface area contributed by atoms with Gasteiger partial charge in [-0.3, -0.25) is 9.59 Å². The van der Waals surface area contributed by atoms with Crippen LogP contribution in [0.4, 0.5) is 0 Å². The van der Waals surface area contributed by atoms with E-state index >= 15 is 0 Å². The second-order valence-corrected chi connectivity index (χ2v) is 5.82. The lowest BCUT2D eigenvalue weighted by Gasteiger charge is -2.22. The lowest BCUT2D eigenvalue weighted by atomic mass is 10.1. The molecule has 132 valence electrons. The fraction of sp³-hybridized carbons (Fsp3) is 0.556. The first kappa shape index (κ1) is 18.4. The molecule has 0 unspecified atom stereocenters. The van der Waals surface area contributed by atoms with Crippen LogP contribution in [0.5, 0.6) is 0 Å². The van der Waals surface area contributed by atoms with Gasteiger partial charge in [0.2, 0.25) is 11.8 Å². The number of methoxy groups -OCH3 is 1. The van der Waals surface area contributed by atoms with Gasteiger partial charge in [-0.05, 0) is 12.0 Å². The summed E-state index contributed by atoms with van der Waals surface area (Å²) in [5, 5.41) is 0. The molecular formula is C18H26N2O4. The van der Waals surface area contributed by atoms with Crippen molar-refractivity contribution in [1.82, 2.24) is 9.80 Å². The van der Waals surface area contributed by atoms with Gasteiger partial charge < -0.3 is 19.3 Å². The van der Waals surface area contributed by atoms with E-state index in [9.17, 15) is 9.59 Å². The molecule has 1 aromatic rings. The Morgan fingerprint density at radius 2 is 1.62 bits per heavy atom. The fourth-order valence-corrected chi connectivity index (χ4v) is 2.69. The van der Waals surface area contributed by atoms with Gasteiger partial charge >= 0.3 is 0 Å². The molecular weight excluding hydrogens is 308 g/mol. The van der Waals surface area contributed by atoms with E-state index in [4.69, 9.17) is 9.47 Å². The van der Waals surface area contributed by atoms with Crippen molar-refractivity contribution >= 4 is 11.8 Å². The van der Waals surface area contributed by atoms with E-state index in [1.54, 1.807) is 12.0 Å². The maximum Gasteiger partial charge on any atom is 0.248 e. The Morgan fingerprint density at radius 1 is 0.958 bits per heavy atom. The Hall–Kier alpha value is -1.92. The number of ether oxygens (including phenoxy) is 2. The molecule has 0 radical (unpaired) electrons. The summed E-state index contributed by atoms with van der Waals surface area (Å²) in [4.78, 5) is 28.2. The molecule has 1 saturated heterocycles. The quantitative estimate of drug-likeness (QED) is 0.697. The maximum absolute atomic E-state index is 12.4. The van der Waals surface area contributed by atoms with E-state index < -0.39 is 0 Å². The summed E-state index contributed by atoms with van der Waals surface area (Å²) in [7, 11) is 1.60. The Labute approximate surface area is 143 Å². The number of hydrogen-bond donors (Lipinski definition) is 0. The smallest absolute Gasteiger partial charge is 0.248 e. The molecule has 1 fully saturated rings. The third kappa shape index (κ3) is 5.94. The Morgan fingerprint density at radius 3 is 2.29 bits per heavy atom. The van der Waals surface area contributed by atoms with Crippen molar-refractivity contribution in [1.29, 1.82) is 0 Å². The summed E-state index contributed by atoms with van der Waals surface area (Å²) < 4.78 is 10.2. The molecule has 6 heteroatoms. The minimum absolute atomic E-state index is 0.0246. The number of hydrogen-bond acceptors (Lipinski definition) is 4. The summed E-state index contributed by atoms with van der Waals surface area (Å²) in [6, 6.07) is 9.74. The Balaban J connectivity index is 1.77. The van der Waals surface area contributed by atoms with Gasteiger partial charge in [-0.2, -0.15) is 0 Å². The third-order valence-corrected chi connectivity index (χ3v) is 4.06. The maximum atomic E-state index is 12.4. The van der Waals surface area contributed by atoms with Crippen LogP contribution in [-0.2, 0) is 25.5 Å². The van der Waals surface area contributed by atoms with Crippen LogP contribution in [0.1, 0.15) is 12.0 Å². The lowest BCUT2D eigenvalue weighted by molar-refractivity contribution is -0.137. The predicted molar refractivity (Wildman–Crippen MR) is 90.6 cm³/mol. The second-order valence-electron chi connectivity index (χ2n) is 5.82. The number of carbonyl (C=O) groups is 2. The topological polar surface area (TPSA) is 59.1 Å². The normalized spacial score (nSPS) is 15.2. The van der Waals surface area contributed by atoms with Crippen LogP contribution in [0.15, 0.2) is 30.3 Å². The summed E-state index contributed by atoms with van der Waals surface area (Å²) in [5.74, 6) is 0.0929. The zero-order chi connectivity index (χ0) is 17.2. The van der Waals surface area contributed by atoms with E-state index in [-0.39, 0.29) is 18.4 Å². The van der Waals surface area contributed by atoms with Gasteiger partial charge in [-0.25, -0.2) is 0 Å². The monoisotopic (exact) mass is 334 g/mol. The van der Waals surface area contributed by atoms with Crippen LogP contribution >= 0.6 is 0 Å². The molecule has 0 saturated carbocycles. The zero-order valence-corrected chi connectivity index (χ0v) is 14.3. The highest BCUT2D eigenvalue weighted by Crippen LogP contribution is 2.08. The van der Waals surface area contributed by atoms with Crippen molar-refractivity contribution in [3.05, 3.63) is 35.9 Å². The predicted octanol–water partition coefficient (Wildman–Crippen LogP) is 0.953. The van der Waals surface area contributed by atoms with Gasteiger partial charge in [0.15, 0.2) is 0 Å². The molecule has 1 heterocycles. The number of rotatable bonds is 7. The van der Waals surface area contributed by atoms with Crippen molar-refractivity contribution in [3.8, 4) is 0 Å². The van der Waals surface area contributed by atoms with E-state index in [1.807, 2.05) is 35.2 Å². The summed E-state index contributed by atoms with van der Waals surface area (Å²) in [6.07, 6.45) is 1.21. The molecule has 0 bridgehead atoms. The molecule has 0 spiro atoms. The van der Waals surface area contributed by atoms with Crippen LogP contribution < -0.4 is 0 Å². The van der Waals surface area contributed by atoms with Gasteiger partial charge in [0, 0.05) is 33.3 Å². The molecule has 0 atom stereocenters. The van der Waals surface area contributed by atoms with Crippen molar-refractivity contribution in [3.63, 3.8) is 0 Å². The third-order valence-electron chi connectivity index (χ3n) is 4.06. The van der Waals surface area contributed by atoms with E-state index in [0.717, 1.165) is 12.0 Å². The molecule has 2 amide bonds. The van der Waals surface area contributed by atoms with Gasteiger partial charge in [0.05, 0.1) is 19.6 Å². The minimum Gasteiger partial charge on any atom is -0.382 e. The molecule has 1 aromatic carbocycles. The van der Waals surface area contributed by atoms with Crippen LogP contribution in [-0.4, -0.2) is 74.7 Å². The van der Waals surface area contributed by atoms with Gasteiger partial charge in [-0.15, -0.1) is 0 Å². The van der Waals surface area contributed by atoms with Crippen molar-refractivity contribution < 1.29 is 19.1 Å². The molecule has 6 nitrogen and oxygen atoms in total. The van der Waals surface area contributed by atoms with Crippen LogP contribution in [0.3, 0.4) is 0 Å². The highest BCUT2D eigenvalue weighted by molar-refractivity contribution is 5.79. The number of carbonyl (C=O) groups excluding carboxylic acids is 2. The standard InChI is InChI=1S/C18H26N2O4/c1-23-12-13-24-15-18(22)20-9-5-8-19(10-11-20)17(21)14-16-6-3-2-4-7-16/h2-4,6-7H,5,8-15H2,1H3. The number of amides is 2. The zero-order valence-electron chi connectivity index (χ0n) is 14.3. The molecule has 0 aliphatic carbocycles.